The van der Waals surface area contributed by atoms with E-state index in [4.69, 9.17) is 0 Å². The zero-order chi connectivity index (χ0) is 14.4. The summed E-state index contributed by atoms with van der Waals surface area (Å²) in [5.74, 6) is 0.507. The third-order valence-electron chi connectivity index (χ3n) is 3.07. The largest absolute Gasteiger partial charge is 0.349 e. The number of nitrogens with one attached hydrogen (secondary N) is 1. The van der Waals surface area contributed by atoms with Gasteiger partial charge in [0.1, 0.15) is 0 Å². The molecule has 0 saturated carbocycles. The normalized spacial score (nSPS) is 11.9. The fourth-order valence-electron chi connectivity index (χ4n) is 1.89. The van der Waals surface area contributed by atoms with Crippen molar-refractivity contribution < 1.29 is 4.79 Å². The Balaban J connectivity index is 1.83. The van der Waals surface area contributed by atoms with E-state index in [2.05, 4.69) is 36.5 Å². The molecule has 3 heteroatoms. The standard InChI is InChI=1S/C17H19NOS/c1-13-8-10-15(11-9-13)14(2)18-17(19)12-20-16-6-4-3-5-7-16/h3-11,14H,12H2,1-2H3,(H,18,19)/t14-/m1/s1. The van der Waals surface area contributed by atoms with Crippen LogP contribution in [0, 0.1) is 6.92 Å². The van der Waals surface area contributed by atoms with Crippen LogP contribution in [0.3, 0.4) is 0 Å². The lowest BCUT2D eigenvalue weighted by molar-refractivity contribution is -0.119. The van der Waals surface area contributed by atoms with Crippen molar-refractivity contribution in [3.8, 4) is 0 Å². The van der Waals surface area contributed by atoms with Crippen LogP contribution in [0.25, 0.3) is 0 Å². The summed E-state index contributed by atoms with van der Waals surface area (Å²) < 4.78 is 0. The number of benzene rings is 2. The van der Waals surface area contributed by atoms with Gasteiger partial charge in [-0.3, -0.25) is 4.79 Å². The Hall–Kier alpha value is -1.74. The first-order valence-corrected chi connectivity index (χ1v) is 7.67. The highest BCUT2D eigenvalue weighted by Crippen LogP contribution is 2.17. The van der Waals surface area contributed by atoms with Gasteiger partial charge in [0, 0.05) is 4.90 Å². The summed E-state index contributed by atoms with van der Waals surface area (Å²) in [5, 5.41) is 3.03. The lowest BCUT2D eigenvalue weighted by Gasteiger charge is -2.14. The van der Waals surface area contributed by atoms with Gasteiger partial charge in [-0.25, -0.2) is 0 Å². The second-order valence-electron chi connectivity index (χ2n) is 4.80. The van der Waals surface area contributed by atoms with Crippen LogP contribution in [-0.2, 0) is 4.79 Å². The Morgan fingerprint density at radius 3 is 2.40 bits per heavy atom. The minimum absolute atomic E-state index is 0.0412. The molecule has 0 aromatic heterocycles. The van der Waals surface area contributed by atoms with Crippen LogP contribution in [0.15, 0.2) is 59.5 Å². The topological polar surface area (TPSA) is 29.1 Å². The lowest BCUT2D eigenvalue weighted by atomic mass is 10.1. The molecule has 0 aliphatic carbocycles. The fraction of sp³-hybridized carbons (Fsp3) is 0.235. The molecule has 2 rings (SSSR count). The minimum Gasteiger partial charge on any atom is -0.349 e. The average molecular weight is 285 g/mol. The molecule has 2 nitrogen and oxygen atoms in total. The van der Waals surface area contributed by atoms with Gasteiger partial charge < -0.3 is 5.32 Å². The zero-order valence-electron chi connectivity index (χ0n) is 11.8. The maximum Gasteiger partial charge on any atom is 0.230 e. The third kappa shape index (κ3) is 4.42. The lowest BCUT2D eigenvalue weighted by Crippen LogP contribution is -2.28. The quantitative estimate of drug-likeness (QED) is 0.842. The number of thioether (sulfide) groups is 1. The summed E-state index contributed by atoms with van der Waals surface area (Å²) in [6, 6.07) is 18.3. The highest BCUT2D eigenvalue weighted by Gasteiger charge is 2.09. The van der Waals surface area contributed by atoms with E-state index in [9.17, 15) is 4.79 Å². The van der Waals surface area contributed by atoms with Crippen molar-refractivity contribution in [2.75, 3.05) is 5.75 Å². The molecule has 1 amide bonds. The number of rotatable bonds is 5. The third-order valence-corrected chi connectivity index (χ3v) is 4.08. The first kappa shape index (κ1) is 14.7. The fourth-order valence-corrected chi connectivity index (χ4v) is 2.62. The van der Waals surface area contributed by atoms with E-state index in [0.29, 0.717) is 5.75 Å². The molecule has 104 valence electrons. The van der Waals surface area contributed by atoms with Gasteiger partial charge in [0.05, 0.1) is 11.8 Å². The second-order valence-corrected chi connectivity index (χ2v) is 5.85. The van der Waals surface area contributed by atoms with Crippen molar-refractivity contribution >= 4 is 17.7 Å². The Morgan fingerprint density at radius 1 is 1.10 bits per heavy atom. The van der Waals surface area contributed by atoms with Crippen LogP contribution >= 0.6 is 11.8 Å². The van der Waals surface area contributed by atoms with E-state index in [1.165, 1.54) is 5.56 Å². The van der Waals surface area contributed by atoms with Crippen LogP contribution in [0.1, 0.15) is 24.1 Å². The summed E-state index contributed by atoms with van der Waals surface area (Å²) in [6.07, 6.45) is 0. The van der Waals surface area contributed by atoms with E-state index >= 15 is 0 Å². The SMILES string of the molecule is Cc1ccc([C@@H](C)NC(=O)CSc2ccccc2)cc1. The van der Waals surface area contributed by atoms with Gasteiger partial charge in [0.2, 0.25) is 5.91 Å². The molecule has 20 heavy (non-hydrogen) atoms. The number of hydrogen-bond donors (Lipinski definition) is 1. The first-order chi connectivity index (χ1) is 9.65. The van der Waals surface area contributed by atoms with Crippen LogP contribution in [0.5, 0.6) is 0 Å². The molecule has 1 atom stereocenters. The summed E-state index contributed by atoms with van der Waals surface area (Å²) in [6.45, 7) is 4.07. The molecule has 2 aromatic carbocycles. The van der Waals surface area contributed by atoms with Crippen molar-refractivity contribution in [1.82, 2.24) is 5.32 Å². The Labute approximate surface area is 124 Å². The molecule has 0 spiro atoms. The van der Waals surface area contributed by atoms with Crippen LogP contribution < -0.4 is 5.32 Å². The molecule has 0 unspecified atom stereocenters. The van der Waals surface area contributed by atoms with E-state index in [-0.39, 0.29) is 11.9 Å². The second kappa shape index (κ2) is 7.15. The Bertz CT molecular complexity index is 551. The average Bonchev–Trinajstić information content (AvgIpc) is 2.47. The molecular formula is C17H19NOS. The van der Waals surface area contributed by atoms with Crippen molar-refractivity contribution in [3.05, 3.63) is 65.7 Å². The van der Waals surface area contributed by atoms with Gasteiger partial charge in [-0.15, -0.1) is 11.8 Å². The minimum atomic E-state index is 0.0412. The molecule has 0 radical (unpaired) electrons. The predicted octanol–water partition coefficient (Wildman–Crippen LogP) is 3.96. The van der Waals surface area contributed by atoms with Gasteiger partial charge in [-0.05, 0) is 31.5 Å². The highest BCUT2D eigenvalue weighted by atomic mass is 32.2. The van der Waals surface area contributed by atoms with E-state index in [0.717, 1.165) is 10.5 Å². The van der Waals surface area contributed by atoms with Crippen LogP contribution in [-0.4, -0.2) is 11.7 Å². The number of aryl methyl sites for hydroxylation is 1. The van der Waals surface area contributed by atoms with Gasteiger partial charge in [0.15, 0.2) is 0 Å². The smallest absolute Gasteiger partial charge is 0.230 e. The molecule has 0 saturated heterocycles. The van der Waals surface area contributed by atoms with Gasteiger partial charge in [-0.1, -0.05) is 48.0 Å². The van der Waals surface area contributed by atoms with Crippen molar-refractivity contribution in [1.29, 1.82) is 0 Å². The highest BCUT2D eigenvalue weighted by molar-refractivity contribution is 8.00. The number of amides is 1. The molecule has 2 aromatic rings. The summed E-state index contributed by atoms with van der Waals surface area (Å²) in [4.78, 5) is 13.1. The summed E-state index contributed by atoms with van der Waals surface area (Å²) in [7, 11) is 0. The first-order valence-electron chi connectivity index (χ1n) is 6.69. The van der Waals surface area contributed by atoms with Crippen molar-refractivity contribution in [3.63, 3.8) is 0 Å². The maximum absolute atomic E-state index is 11.9. The van der Waals surface area contributed by atoms with Crippen molar-refractivity contribution in [2.24, 2.45) is 0 Å². The molecule has 0 aliphatic heterocycles. The Morgan fingerprint density at radius 2 is 1.75 bits per heavy atom. The monoisotopic (exact) mass is 285 g/mol. The molecular weight excluding hydrogens is 266 g/mol. The molecule has 0 bridgehead atoms. The molecule has 0 fully saturated rings. The molecule has 1 N–H and O–H groups in total. The predicted molar refractivity (Wildman–Crippen MR) is 84.9 cm³/mol. The van der Waals surface area contributed by atoms with Gasteiger partial charge in [0.25, 0.3) is 0 Å². The number of carbonyl (C=O) groups is 1. The molecule has 0 heterocycles. The number of hydrogen-bond acceptors (Lipinski definition) is 2. The van der Waals surface area contributed by atoms with Gasteiger partial charge in [-0.2, -0.15) is 0 Å². The van der Waals surface area contributed by atoms with Gasteiger partial charge >= 0.3 is 0 Å². The van der Waals surface area contributed by atoms with E-state index < -0.39 is 0 Å². The Kier molecular flexibility index (Phi) is 5.24. The summed E-state index contributed by atoms with van der Waals surface area (Å²) in [5.41, 5.74) is 2.36. The van der Waals surface area contributed by atoms with E-state index in [1.807, 2.05) is 37.3 Å². The number of carbonyl (C=O) groups excluding carboxylic acids is 1. The summed E-state index contributed by atoms with van der Waals surface area (Å²) >= 11 is 1.56. The van der Waals surface area contributed by atoms with E-state index in [1.54, 1.807) is 11.8 Å². The zero-order valence-corrected chi connectivity index (χ0v) is 12.6. The molecule has 0 aliphatic rings. The van der Waals surface area contributed by atoms with Crippen LogP contribution in [0.4, 0.5) is 0 Å². The maximum atomic E-state index is 11.9. The van der Waals surface area contributed by atoms with Crippen molar-refractivity contribution in [2.45, 2.75) is 24.8 Å². The van der Waals surface area contributed by atoms with Crippen LogP contribution in [0.2, 0.25) is 0 Å².